The molecule has 1 rings (SSSR count). The number of carbonyl (C=O) groups is 1. The van der Waals surface area contributed by atoms with Crippen molar-refractivity contribution in [1.82, 2.24) is 5.43 Å². The van der Waals surface area contributed by atoms with E-state index in [9.17, 15) is 4.79 Å². The fourth-order valence-electron chi connectivity index (χ4n) is 1.72. The molecule has 0 aliphatic carbocycles. The van der Waals surface area contributed by atoms with Gasteiger partial charge in [0.1, 0.15) is 5.75 Å². The number of nitrogens with two attached hydrogens (primary N) is 1. The van der Waals surface area contributed by atoms with Crippen LogP contribution in [0.2, 0.25) is 0 Å². The van der Waals surface area contributed by atoms with Crippen molar-refractivity contribution in [1.29, 1.82) is 0 Å². The normalized spacial score (nSPS) is 11.9. The lowest BCUT2D eigenvalue weighted by atomic mass is 10.1. The van der Waals surface area contributed by atoms with E-state index in [0.717, 1.165) is 18.6 Å². The lowest BCUT2D eigenvalue weighted by molar-refractivity contribution is -0.121. The van der Waals surface area contributed by atoms with Gasteiger partial charge in [-0.25, -0.2) is 5.84 Å². The summed E-state index contributed by atoms with van der Waals surface area (Å²) in [5, 5.41) is 0. The van der Waals surface area contributed by atoms with Gasteiger partial charge < -0.3 is 4.74 Å². The van der Waals surface area contributed by atoms with Gasteiger partial charge in [-0.05, 0) is 37.5 Å². The smallest absolute Gasteiger partial charge is 0.234 e. The van der Waals surface area contributed by atoms with Crippen molar-refractivity contribution in [2.45, 2.75) is 45.6 Å². The Morgan fingerprint density at radius 1 is 1.39 bits per heavy atom. The summed E-state index contributed by atoms with van der Waals surface area (Å²) in [6.07, 6.45) is 3.27. The van der Waals surface area contributed by atoms with Crippen molar-refractivity contribution in [3.63, 3.8) is 0 Å². The molecule has 0 aliphatic rings. The molecule has 0 saturated carbocycles. The van der Waals surface area contributed by atoms with Gasteiger partial charge in [0.05, 0.1) is 6.10 Å². The van der Waals surface area contributed by atoms with E-state index in [4.69, 9.17) is 10.6 Å². The highest BCUT2D eigenvalue weighted by Crippen LogP contribution is 2.16. The lowest BCUT2D eigenvalue weighted by Gasteiger charge is -2.14. The third kappa shape index (κ3) is 5.19. The standard InChI is InChI=1S/C14H22N2O2/c1-3-4-12-6-8-13(9-7-12)18-11(2)5-10-14(17)16-15/h6-9,11H,3-5,10,15H2,1-2H3,(H,16,17). The summed E-state index contributed by atoms with van der Waals surface area (Å²) in [4.78, 5) is 11.0. The highest BCUT2D eigenvalue weighted by molar-refractivity contribution is 5.75. The van der Waals surface area contributed by atoms with E-state index in [1.54, 1.807) is 0 Å². The molecule has 100 valence electrons. The van der Waals surface area contributed by atoms with Crippen molar-refractivity contribution in [3.8, 4) is 5.75 Å². The molecule has 1 aromatic rings. The molecule has 1 atom stereocenters. The summed E-state index contributed by atoms with van der Waals surface area (Å²) in [5.74, 6) is 5.70. The zero-order valence-electron chi connectivity index (χ0n) is 11.1. The number of ether oxygens (including phenoxy) is 1. The van der Waals surface area contributed by atoms with E-state index >= 15 is 0 Å². The van der Waals surface area contributed by atoms with Gasteiger partial charge in [0.25, 0.3) is 0 Å². The number of aryl methyl sites for hydroxylation is 1. The van der Waals surface area contributed by atoms with E-state index in [1.165, 1.54) is 5.56 Å². The molecular weight excluding hydrogens is 228 g/mol. The van der Waals surface area contributed by atoms with E-state index in [-0.39, 0.29) is 12.0 Å². The molecule has 3 N–H and O–H groups in total. The van der Waals surface area contributed by atoms with Crippen LogP contribution < -0.4 is 16.0 Å². The van der Waals surface area contributed by atoms with Crippen LogP contribution in [-0.2, 0) is 11.2 Å². The first-order chi connectivity index (χ1) is 8.65. The first kappa shape index (κ1) is 14.5. The van der Waals surface area contributed by atoms with Crippen LogP contribution in [-0.4, -0.2) is 12.0 Å². The van der Waals surface area contributed by atoms with Gasteiger partial charge in [0, 0.05) is 6.42 Å². The number of hydrazine groups is 1. The van der Waals surface area contributed by atoms with Crippen LogP contribution in [0.1, 0.15) is 38.7 Å². The molecule has 4 nitrogen and oxygen atoms in total. The molecule has 4 heteroatoms. The summed E-state index contributed by atoms with van der Waals surface area (Å²) < 4.78 is 5.72. The van der Waals surface area contributed by atoms with Crippen molar-refractivity contribution in [3.05, 3.63) is 29.8 Å². The monoisotopic (exact) mass is 250 g/mol. The van der Waals surface area contributed by atoms with E-state index in [1.807, 2.05) is 19.1 Å². The maximum atomic E-state index is 11.0. The molecule has 0 radical (unpaired) electrons. The second kappa shape index (κ2) is 7.71. The van der Waals surface area contributed by atoms with Crippen LogP contribution in [0.3, 0.4) is 0 Å². The van der Waals surface area contributed by atoms with E-state index in [0.29, 0.717) is 12.8 Å². The van der Waals surface area contributed by atoms with E-state index in [2.05, 4.69) is 24.5 Å². The average molecular weight is 250 g/mol. The maximum absolute atomic E-state index is 11.0. The van der Waals surface area contributed by atoms with Gasteiger partial charge in [0.2, 0.25) is 5.91 Å². The maximum Gasteiger partial charge on any atom is 0.234 e. The fraction of sp³-hybridized carbons (Fsp3) is 0.500. The Hall–Kier alpha value is -1.55. The summed E-state index contributed by atoms with van der Waals surface area (Å²) in [5.41, 5.74) is 3.43. The van der Waals surface area contributed by atoms with Gasteiger partial charge in [-0.1, -0.05) is 25.5 Å². The number of rotatable bonds is 7. The van der Waals surface area contributed by atoms with Crippen LogP contribution in [0.25, 0.3) is 0 Å². The lowest BCUT2D eigenvalue weighted by Crippen LogP contribution is -2.30. The van der Waals surface area contributed by atoms with Crippen LogP contribution in [0.15, 0.2) is 24.3 Å². The first-order valence-corrected chi connectivity index (χ1v) is 6.40. The van der Waals surface area contributed by atoms with Crippen molar-refractivity contribution < 1.29 is 9.53 Å². The molecule has 0 spiro atoms. The highest BCUT2D eigenvalue weighted by Gasteiger charge is 2.07. The van der Waals surface area contributed by atoms with Crippen LogP contribution in [0, 0.1) is 0 Å². The Balaban J connectivity index is 2.39. The van der Waals surface area contributed by atoms with Gasteiger partial charge in [-0.2, -0.15) is 0 Å². The number of hydrogen-bond donors (Lipinski definition) is 2. The summed E-state index contributed by atoms with van der Waals surface area (Å²) in [6.45, 7) is 4.11. The van der Waals surface area contributed by atoms with Crippen LogP contribution in [0.4, 0.5) is 0 Å². The molecule has 0 bridgehead atoms. The molecule has 1 amide bonds. The van der Waals surface area contributed by atoms with Gasteiger partial charge >= 0.3 is 0 Å². The SMILES string of the molecule is CCCc1ccc(OC(C)CCC(=O)NN)cc1. The predicted octanol–water partition coefficient (Wildman–Crippen LogP) is 2.18. The zero-order valence-corrected chi connectivity index (χ0v) is 11.1. The summed E-state index contributed by atoms with van der Waals surface area (Å²) in [6, 6.07) is 8.12. The molecule has 0 fully saturated rings. The summed E-state index contributed by atoms with van der Waals surface area (Å²) >= 11 is 0. The third-order valence-corrected chi connectivity index (χ3v) is 2.74. The average Bonchev–Trinajstić information content (AvgIpc) is 2.38. The second-order valence-corrected chi connectivity index (χ2v) is 4.43. The van der Waals surface area contributed by atoms with Crippen molar-refractivity contribution in [2.24, 2.45) is 5.84 Å². The highest BCUT2D eigenvalue weighted by atomic mass is 16.5. The van der Waals surface area contributed by atoms with Crippen LogP contribution in [0.5, 0.6) is 5.75 Å². The van der Waals surface area contributed by atoms with Gasteiger partial charge in [-0.3, -0.25) is 10.2 Å². The predicted molar refractivity (Wildman–Crippen MR) is 72.1 cm³/mol. The first-order valence-electron chi connectivity index (χ1n) is 6.40. The number of hydrogen-bond acceptors (Lipinski definition) is 3. The van der Waals surface area contributed by atoms with Gasteiger partial charge in [-0.15, -0.1) is 0 Å². The fourth-order valence-corrected chi connectivity index (χ4v) is 1.72. The van der Waals surface area contributed by atoms with Crippen LogP contribution >= 0.6 is 0 Å². The van der Waals surface area contributed by atoms with E-state index < -0.39 is 0 Å². The minimum Gasteiger partial charge on any atom is -0.491 e. The Bertz CT molecular complexity index is 363. The Labute approximate surface area is 108 Å². The number of nitrogens with one attached hydrogen (secondary N) is 1. The van der Waals surface area contributed by atoms with Crippen molar-refractivity contribution >= 4 is 5.91 Å². The Morgan fingerprint density at radius 3 is 2.61 bits per heavy atom. The Kier molecular flexibility index (Phi) is 6.22. The topological polar surface area (TPSA) is 64.3 Å². The molecular formula is C14H22N2O2. The quantitative estimate of drug-likeness (QED) is 0.443. The number of amides is 1. The largest absolute Gasteiger partial charge is 0.491 e. The summed E-state index contributed by atoms with van der Waals surface area (Å²) in [7, 11) is 0. The van der Waals surface area contributed by atoms with Gasteiger partial charge in [0.15, 0.2) is 0 Å². The minimum atomic E-state index is -0.163. The molecule has 0 saturated heterocycles. The third-order valence-electron chi connectivity index (χ3n) is 2.74. The molecule has 1 unspecified atom stereocenters. The second-order valence-electron chi connectivity index (χ2n) is 4.43. The molecule has 0 aromatic heterocycles. The Morgan fingerprint density at radius 2 is 2.06 bits per heavy atom. The number of benzene rings is 1. The molecule has 1 aromatic carbocycles. The minimum absolute atomic E-state index is 0.000625. The number of carbonyl (C=O) groups excluding carboxylic acids is 1. The molecule has 0 aliphatic heterocycles. The van der Waals surface area contributed by atoms with Crippen molar-refractivity contribution in [2.75, 3.05) is 0 Å². The molecule has 18 heavy (non-hydrogen) atoms. The zero-order chi connectivity index (χ0) is 13.4. The molecule has 0 heterocycles.